The quantitative estimate of drug-likeness (QED) is 0.489. The summed E-state index contributed by atoms with van der Waals surface area (Å²) in [7, 11) is 0. The number of carbonyl (C=O) groups is 2. The van der Waals surface area contributed by atoms with Gasteiger partial charge in [-0.05, 0) is 6.92 Å². The van der Waals surface area contributed by atoms with E-state index in [9.17, 15) is 14.0 Å². The molecule has 0 atom stereocenters. The van der Waals surface area contributed by atoms with Gasteiger partial charge in [-0.3, -0.25) is 0 Å². The SMILES string of the molecule is C=C(F)CCOC(=O)C(=O)OCC. The second-order valence-corrected chi connectivity index (χ2v) is 2.12. The maximum Gasteiger partial charge on any atom is 0.417 e. The lowest BCUT2D eigenvalue weighted by atomic mass is 10.4. The van der Waals surface area contributed by atoms with Crippen LogP contribution >= 0.6 is 0 Å². The molecule has 0 aliphatic rings. The van der Waals surface area contributed by atoms with Crippen LogP contribution in [0.2, 0.25) is 0 Å². The van der Waals surface area contributed by atoms with Gasteiger partial charge in [0.25, 0.3) is 0 Å². The number of ether oxygens (including phenoxy) is 2. The van der Waals surface area contributed by atoms with Gasteiger partial charge in [-0.2, -0.15) is 0 Å². The number of esters is 2. The third-order valence-electron chi connectivity index (χ3n) is 1.05. The average molecular weight is 190 g/mol. The zero-order valence-corrected chi connectivity index (χ0v) is 7.34. The molecule has 0 aromatic heterocycles. The van der Waals surface area contributed by atoms with Crippen LogP contribution in [0, 0.1) is 0 Å². The third kappa shape index (κ3) is 5.84. The van der Waals surface area contributed by atoms with Gasteiger partial charge in [-0.15, -0.1) is 0 Å². The average Bonchev–Trinajstić information content (AvgIpc) is 2.04. The van der Waals surface area contributed by atoms with Crippen molar-refractivity contribution in [2.24, 2.45) is 0 Å². The molecule has 0 amide bonds. The fourth-order valence-corrected chi connectivity index (χ4v) is 0.503. The minimum absolute atomic E-state index is 0.101. The van der Waals surface area contributed by atoms with Gasteiger partial charge in [-0.25, -0.2) is 14.0 Å². The first-order valence-electron chi connectivity index (χ1n) is 3.75. The summed E-state index contributed by atoms with van der Waals surface area (Å²) in [5.74, 6) is -2.77. The molecule has 0 spiro atoms. The standard InChI is InChI=1S/C8H11FO4/c1-3-12-7(10)8(11)13-5-4-6(2)9/h2-5H2,1H3. The Morgan fingerprint density at radius 2 is 1.85 bits per heavy atom. The van der Waals surface area contributed by atoms with Crippen molar-refractivity contribution in [3.63, 3.8) is 0 Å². The maximum atomic E-state index is 12.0. The molecule has 0 rings (SSSR count). The van der Waals surface area contributed by atoms with E-state index >= 15 is 0 Å². The van der Waals surface area contributed by atoms with Crippen molar-refractivity contribution in [2.45, 2.75) is 13.3 Å². The highest BCUT2D eigenvalue weighted by atomic mass is 19.1. The second kappa shape index (κ2) is 6.16. The van der Waals surface area contributed by atoms with Gasteiger partial charge in [0, 0.05) is 6.42 Å². The molecule has 0 aliphatic carbocycles. The fraction of sp³-hybridized carbons (Fsp3) is 0.500. The van der Waals surface area contributed by atoms with Gasteiger partial charge in [0.15, 0.2) is 0 Å². The largest absolute Gasteiger partial charge is 0.458 e. The van der Waals surface area contributed by atoms with E-state index in [1.54, 1.807) is 6.92 Å². The zero-order chi connectivity index (χ0) is 10.3. The summed E-state index contributed by atoms with van der Waals surface area (Å²) in [4.78, 5) is 21.3. The van der Waals surface area contributed by atoms with Crippen LogP contribution in [0.5, 0.6) is 0 Å². The number of halogens is 1. The van der Waals surface area contributed by atoms with Crippen LogP contribution in [0.4, 0.5) is 4.39 Å². The van der Waals surface area contributed by atoms with Crippen molar-refractivity contribution in [2.75, 3.05) is 13.2 Å². The van der Waals surface area contributed by atoms with Crippen LogP contribution in [-0.2, 0) is 19.1 Å². The van der Waals surface area contributed by atoms with Gasteiger partial charge in [-0.1, -0.05) is 6.58 Å². The van der Waals surface area contributed by atoms with E-state index in [-0.39, 0.29) is 19.6 Å². The van der Waals surface area contributed by atoms with E-state index in [0.29, 0.717) is 0 Å². The normalized spacial score (nSPS) is 9.08. The Morgan fingerprint density at radius 1 is 1.31 bits per heavy atom. The number of carbonyl (C=O) groups excluding carboxylic acids is 2. The van der Waals surface area contributed by atoms with Crippen LogP contribution in [0.3, 0.4) is 0 Å². The highest BCUT2D eigenvalue weighted by Gasteiger charge is 2.15. The Bertz CT molecular complexity index is 212. The minimum Gasteiger partial charge on any atom is -0.458 e. The third-order valence-corrected chi connectivity index (χ3v) is 1.05. The Hall–Kier alpha value is -1.39. The molecular weight excluding hydrogens is 179 g/mol. The lowest BCUT2D eigenvalue weighted by molar-refractivity contribution is -0.167. The van der Waals surface area contributed by atoms with E-state index in [2.05, 4.69) is 16.1 Å². The summed E-state index contributed by atoms with van der Waals surface area (Å²) >= 11 is 0. The van der Waals surface area contributed by atoms with E-state index in [1.807, 2.05) is 0 Å². The summed E-state index contributed by atoms with van der Waals surface area (Å²) in [6.07, 6.45) is -0.106. The lowest BCUT2D eigenvalue weighted by Crippen LogP contribution is -2.20. The summed E-state index contributed by atoms with van der Waals surface area (Å²) in [6.45, 7) is 4.42. The number of hydrogen-bond acceptors (Lipinski definition) is 4. The monoisotopic (exact) mass is 190 g/mol. The predicted molar refractivity (Wildman–Crippen MR) is 42.5 cm³/mol. The van der Waals surface area contributed by atoms with Crippen LogP contribution in [0.15, 0.2) is 12.4 Å². The molecule has 0 aliphatic heterocycles. The highest BCUT2D eigenvalue weighted by molar-refractivity contribution is 6.29. The van der Waals surface area contributed by atoms with Crippen LogP contribution in [0.25, 0.3) is 0 Å². The molecule has 0 aromatic carbocycles. The zero-order valence-electron chi connectivity index (χ0n) is 7.34. The van der Waals surface area contributed by atoms with Crippen LogP contribution < -0.4 is 0 Å². The molecule has 0 N–H and O–H groups in total. The second-order valence-electron chi connectivity index (χ2n) is 2.12. The van der Waals surface area contributed by atoms with Crippen molar-refractivity contribution in [1.29, 1.82) is 0 Å². The first-order valence-corrected chi connectivity index (χ1v) is 3.75. The molecule has 5 heteroatoms. The summed E-state index contributed by atoms with van der Waals surface area (Å²) in [5, 5.41) is 0. The van der Waals surface area contributed by atoms with Crippen molar-refractivity contribution < 1.29 is 23.5 Å². The smallest absolute Gasteiger partial charge is 0.417 e. The molecule has 0 unspecified atom stereocenters. The molecule has 0 bridgehead atoms. The van der Waals surface area contributed by atoms with Gasteiger partial charge >= 0.3 is 11.9 Å². The number of rotatable bonds is 4. The Morgan fingerprint density at radius 3 is 2.31 bits per heavy atom. The molecule has 0 heterocycles. The molecule has 0 radical (unpaired) electrons. The van der Waals surface area contributed by atoms with E-state index < -0.39 is 17.8 Å². The van der Waals surface area contributed by atoms with Crippen LogP contribution in [0.1, 0.15) is 13.3 Å². The minimum atomic E-state index is -1.11. The van der Waals surface area contributed by atoms with Gasteiger partial charge in [0.1, 0.15) is 0 Å². The predicted octanol–water partition coefficient (Wildman–Crippen LogP) is 0.966. The Kier molecular flexibility index (Phi) is 5.50. The molecule has 0 fully saturated rings. The highest BCUT2D eigenvalue weighted by Crippen LogP contribution is 1.98. The van der Waals surface area contributed by atoms with Crippen molar-refractivity contribution in [3.8, 4) is 0 Å². The molecule has 0 aromatic rings. The van der Waals surface area contributed by atoms with Crippen molar-refractivity contribution in [1.82, 2.24) is 0 Å². The van der Waals surface area contributed by atoms with Gasteiger partial charge in [0.05, 0.1) is 19.0 Å². The molecular formula is C8H11FO4. The summed E-state index contributed by atoms with van der Waals surface area (Å²) < 4.78 is 20.7. The molecule has 4 nitrogen and oxygen atoms in total. The molecule has 13 heavy (non-hydrogen) atoms. The van der Waals surface area contributed by atoms with Crippen molar-refractivity contribution >= 4 is 11.9 Å². The number of hydrogen-bond donors (Lipinski definition) is 0. The molecule has 0 saturated heterocycles. The maximum absolute atomic E-state index is 12.0. The van der Waals surface area contributed by atoms with Crippen molar-refractivity contribution in [3.05, 3.63) is 12.4 Å². The molecule has 0 saturated carbocycles. The first-order chi connectivity index (χ1) is 6.07. The van der Waals surface area contributed by atoms with E-state index in [0.717, 1.165) is 0 Å². The lowest BCUT2D eigenvalue weighted by Gasteiger charge is -2.02. The Labute approximate surface area is 75.3 Å². The summed E-state index contributed by atoms with van der Waals surface area (Å²) in [5.41, 5.74) is 0. The van der Waals surface area contributed by atoms with E-state index in [4.69, 9.17) is 0 Å². The first kappa shape index (κ1) is 11.6. The summed E-state index contributed by atoms with van der Waals surface area (Å²) in [6, 6.07) is 0. The van der Waals surface area contributed by atoms with Gasteiger partial charge < -0.3 is 9.47 Å². The topological polar surface area (TPSA) is 52.6 Å². The fourth-order valence-electron chi connectivity index (χ4n) is 0.503. The van der Waals surface area contributed by atoms with Crippen LogP contribution in [-0.4, -0.2) is 25.2 Å². The Balaban J connectivity index is 3.62. The van der Waals surface area contributed by atoms with Gasteiger partial charge in [0.2, 0.25) is 0 Å². The molecule has 74 valence electrons. The van der Waals surface area contributed by atoms with E-state index in [1.165, 1.54) is 0 Å².